The molecular formula is C20H19BrN2O6. The highest BCUT2D eigenvalue weighted by atomic mass is 79.9. The average molecular weight is 463 g/mol. The van der Waals surface area contributed by atoms with Gasteiger partial charge in [0, 0.05) is 27.6 Å². The van der Waals surface area contributed by atoms with E-state index in [1.807, 2.05) is 13.8 Å². The lowest BCUT2D eigenvalue weighted by molar-refractivity contribution is -0.384. The number of hydrogen-bond donors (Lipinski definition) is 1. The molecular weight excluding hydrogens is 444 g/mol. The molecule has 9 heteroatoms. The lowest BCUT2D eigenvalue weighted by Crippen LogP contribution is -2.15. The van der Waals surface area contributed by atoms with Gasteiger partial charge in [-0.2, -0.15) is 0 Å². The molecule has 0 saturated heterocycles. The lowest BCUT2D eigenvalue weighted by Gasteiger charge is -2.06. The van der Waals surface area contributed by atoms with Gasteiger partial charge in [0.2, 0.25) is 5.78 Å². The maximum Gasteiger partial charge on any atom is 0.411 e. The molecule has 2 aromatic carbocycles. The van der Waals surface area contributed by atoms with E-state index >= 15 is 0 Å². The predicted molar refractivity (Wildman–Crippen MR) is 112 cm³/mol. The minimum atomic E-state index is -0.721. The Bertz CT molecular complexity index is 1040. The maximum atomic E-state index is 12.9. The number of hydrogen-bond acceptors (Lipinski definition) is 6. The first-order chi connectivity index (χ1) is 13.9. The molecule has 3 rings (SSSR count). The number of nitrogens with zero attached hydrogens (tertiary/aromatic N) is 1. The zero-order valence-electron chi connectivity index (χ0n) is 16.0. The van der Waals surface area contributed by atoms with Gasteiger partial charge in [-0.15, -0.1) is 0 Å². The number of halogens is 1. The van der Waals surface area contributed by atoms with E-state index in [-0.39, 0.29) is 29.3 Å². The van der Waals surface area contributed by atoms with Crippen molar-refractivity contribution in [3.63, 3.8) is 0 Å². The van der Waals surface area contributed by atoms with Gasteiger partial charge < -0.3 is 9.15 Å². The van der Waals surface area contributed by atoms with Crippen LogP contribution < -0.4 is 5.32 Å². The second-order valence-corrected chi connectivity index (χ2v) is 6.34. The van der Waals surface area contributed by atoms with Gasteiger partial charge in [0.05, 0.1) is 11.5 Å². The molecule has 1 N–H and O–H groups in total. The Morgan fingerprint density at radius 2 is 1.83 bits per heavy atom. The van der Waals surface area contributed by atoms with Gasteiger partial charge in [-0.1, -0.05) is 29.8 Å². The van der Waals surface area contributed by atoms with Crippen LogP contribution in [-0.2, 0) is 4.74 Å². The molecule has 0 unspecified atom stereocenters. The van der Waals surface area contributed by atoms with Crippen molar-refractivity contribution >= 4 is 50.2 Å². The van der Waals surface area contributed by atoms with Crippen LogP contribution in [0.1, 0.15) is 36.9 Å². The molecule has 0 bridgehead atoms. The first-order valence-corrected chi connectivity index (χ1v) is 9.65. The molecule has 152 valence electrons. The van der Waals surface area contributed by atoms with Crippen LogP contribution in [0.5, 0.6) is 0 Å². The first-order valence-electron chi connectivity index (χ1n) is 8.85. The number of carbonyl (C=O) groups is 2. The van der Waals surface area contributed by atoms with E-state index in [9.17, 15) is 19.7 Å². The fraction of sp³-hybridized carbons (Fsp3) is 0.200. The summed E-state index contributed by atoms with van der Waals surface area (Å²) in [5, 5.41) is 13.8. The minimum absolute atomic E-state index is 0.0926. The minimum Gasteiger partial charge on any atom is -0.450 e. The summed E-state index contributed by atoms with van der Waals surface area (Å²) in [6.45, 7) is 5.83. The first kappa shape index (κ1) is 22.1. The number of nitro benzene ring substituents is 1. The Kier molecular flexibility index (Phi) is 7.49. The molecule has 1 amide bonds. The van der Waals surface area contributed by atoms with Crippen LogP contribution in [-0.4, -0.2) is 23.4 Å². The Balaban J connectivity index is 0.00000145. The molecule has 0 fully saturated rings. The van der Waals surface area contributed by atoms with Crippen molar-refractivity contribution in [2.45, 2.75) is 20.8 Å². The number of rotatable bonds is 5. The van der Waals surface area contributed by atoms with Gasteiger partial charge in [0.25, 0.3) is 5.69 Å². The van der Waals surface area contributed by atoms with E-state index in [2.05, 4.69) is 21.2 Å². The molecule has 0 atom stereocenters. The summed E-state index contributed by atoms with van der Waals surface area (Å²) in [6, 6.07) is 10.2. The number of anilines is 1. The SMILES string of the molecule is CC.CCOC(=O)Nc1c(C(=O)c2ccc([N+](=O)[O-])cc2)oc2cc(Br)ccc12. The summed E-state index contributed by atoms with van der Waals surface area (Å²) in [4.78, 5) is 35.0. The van der Waals surface area contributed by atoms with Crippen LogP contribution in [0.25, 0.3) is 11.0 Å². The number of benzene rings is 2. The van der Waals surface area contributed by atoms with Crippen LogP contribution in [0.3, 0.4) is 0 Å². The number of ether oxygens (including phenoxy) is 1. The molecule has 3 aromatic rings. The van der Waals surface area contributed by atoms with E-state index in [4.69, 9.17) is 9.15 Å². The zero-order valence-corrected chi connectivity index (χ0v) is 17.6. The highest BCUT2D eigenvalue weighted by molar-refractivity contribution is 9.10. The van der Waals surface area contributed by atoms with Gasteiger partial charge >= 0.3 is 6.09 Å². The summed E-state index contributed by atoms with van der Waals surface area (Å²) in [5.74, 6) is -0.617. The van der Waals surface area contributed by atoms with E-state index in [1.165, 1.54) is 24.3 Å². The molecule has 1 heterocycles. The molecule has 0 spiro atoms. The van der Waals surface area contributed by atoms with Gasteiger partial charge in [-0.05, 0) is 37.3 Å². The number of furan rings is 1. The van der Waals surface area contributed by atoms with Crippen LogP contribution in [0.15, 0.2) is 51.4 Å². The Labute approximate surface area is 175 Å². The number of carbonyl (C=O) groups excluding carboxylic acids is 2. The third-order valence-electron chi connectivity index (χ3n) is 3.70. The van der Waals surface area contributed by atoms with Crippen molar-refractivity contribution < 1.29 is 23.7 Å². The third kappa shape index (κ3) is 5.00. The van der Waals surface area contributed by atoms with Crippen molar-refractivity contribution in [2.75, 3.05) is 11.9 Å². The molecule has 0 aliphatic heterocycles. The zero-order chi connectivity index (χ0) is 21.6. The van der Waals surface area contributed by atoms with E-state index in [1.54, 1.807) is 25.1 Å². The van der Waals surface area contributed by atoms with Gasteiger partial charge in [0.15, 0.2) is 5.76 Å². The number of non-ortho nitro benzene ring substituents is 1. The standard InChI is InChI=1S/C18H13BrN2O6.C2H6/c1-2-26-18(23)20-15-13-8-5-11(19)9-14(13)27-17(15)16(22)10-3-6-12(7-4-10)21(24)25;1-2/h3-9H,2H2,1H3,(H,20,23);1-2H3. The third-order valence-corrected chi connectivity index (χ3v) is 4.19. The summed E-state index contributed by atoms with van der Waals surface area (Å²) >= 11 is 3.32. The second-order valence-electron chi connectivity index (χ2n) is 5.43. The predicted octanol–water partition coefficient (Wildman–Crippen LogP) is 5.93. The molecule has 0 saturated carbocycles. The van der Waals surface area contributed by atoms with Crippen LogP contribution in [0.2, 0.25) is 0 Å². The largest absolute Gasteiger partial charge is 0.450 e. The van der Waals surface area contributed by atoms with Crippen molar-refractivity contribution in [3.8, 4) is 0 Å². The molecule has 29 heavy (non-hydrogen) atoms. The van der Waals surface area contributed by atoms with Crippen LogP contribution in [0, 0.1) is 10.1 Å². The average Bonchev–Trinajstić information content (AvgIpc) is 3.06. The fourth-order valence-electron chi connectivity index (χ4n) is 2.49. The van der Waals surface area contributed by atoms with Crippen LogP contribution in [0.4, 0.5) is 16.2 Å². The molecule has 1 aromatic heterocycles. The highest BCUT2D eigenvalue weighted by Crippen LogP contribution is 2.34. The monoisotopic (exact) mass is 462 g/mol. The highest BCUT2D eigenvalue weighted by Gasteiger charge is 2.24. The molecule has 0 aliphatic carbocycles. The molecule has 0 radical (unpaired) electrons. The van der Waals surface area contributed by atoms with Crippen LogP contribution >= 0.6 is 15.9 Å². The summed E-state index contributed by atoms with van der Waals surface area (Å²) in [7, 11) is 0. The topological polar surface area (TPSA) is 112 Å². The smallest absolute Gasteiger partial charge is 0.411 e. The number of nitrogens with one attached hydrogen (secondary N) is 1. The van der Waals surface area contributed by atoms with Crippen molar-refractivity contribution in [2.24, 2.45) is 0 Å². The number of ketones is 1. The van der Waals surface area contributed by atoms with E-state index in [0.717, 1.165) is 4.47 Å². The maximum absolute atomic E-state index is 12.9. The molecule has 8 nitrogen and oxygen atoms in total. The number of nitro groups is 1. The molecule has 0 aliphatic rings. The Morgan fingerprint density at radius 3 is 2.41 bits per heavy atom. The fourth-order valence-corrected chi connectivity index (χ4v) is 2.83. The number of amides is 1. The van der Waals surface area contributed by atoms with Gasteiger partial charge in [-0.3, -0.25) is 20.2 Å². The van der Waals surface area contributed by atoms with Crippen molar-refractivity contribution in [1.29, 1.82) is 0 Å². The number of fused-ring (bicyclic) bond motifs is 1. The Morgan fingerprint density at radius 1 is 1.17 bits per heavy atom. The normalized spacial score (nSPS) is 10.1. The summed E-state index contributed by atoms with van der Waals surface area (Å²) in [5.41, 5.74) is 0.622. The summed E-state index contributed by atoms with van der Waals surface area (Å²) < 4.78 is 11.3. The van der Waals surface area contributed by atoms with Gasteiger partial charge in [-0.25, -0.2) is 4.79 Å². The Hall–Kier alpha value is -3.20. The van der Waals surface area contributed by atoms with Gasteiger partial charge in [0.1, 0.15) is 11.3 Å². The lowest BCUT2D eigenvalue weighted by atomic mass is 10.1. The van der Waals surface area contributed by atoms with E-state index < -0.39 is 16.8 Å². The quantitative estimate of drug-likeness (QED) is 0.285. The van der Waals surface area contributed by atoms with E-state index in [0.29, 0.717) is 11.0 Å². The van der Waals surface area contributed by atoms with Crippen molar-refractivity contribution in [3.05, 3.63) is 68.4 Å². The summed E-state index contributed by atoms with van der Waals surface area (Å²) in [6.07, 6.45) is -0.721. The van der Waals surface area contributed by atoms with Crippen molar-refractivity contribution in [1.82, 2.24) is 0 Å². The second kappa shape index (κ2) is 9.83.